The molecule has 1 aliphatic heterocycles. The molecule has 0 saturated carbocycles. The Morgan fingerprint density at radius 1 is 0.956 bits per heavy atom. The number of hydrogen-bond donors (Lipinski definition) is 3. The molecule has 0 bridgehead atoms. The van der Waals surface area contributed by atoms with Gasteiger partial charge in [0.25, 0.3) is 5.91 Å². The lowest BCUT2D eigenvalue weighted by atomic mass is 10.1. The second-order valence-electron chi connectivity index (χ2n) is 11.5. The van der Waals surface area contributed by atoms with E-state index in [1.165, 1.54) is 16.8 Å². The molecule has 0 fully saturated rings. The van der Waals surface area contributed by atoms with Crippen LogP contribution in [-0.4, -0.2) is 117 Å². The zero-order valence-corrected chi connectivity index (χ0v) is 26.7. The Labute approximate surface area is 265 Å². The molecule has 5 amide bonds. The number of benzene rings is 2. The molecule has 0 unspecified atom stereocenters. The van der Waals surface area contributed by atoms with Gasteiger partial charge in [0.15, 0.2) is 0 Å². The number of hydrogen-bond acceptors (Lipinski definition) is 7. The van der Waals surface area contributed by atoms with Gasteiger partial charge in [0, 0.05) is 20.1 Å². The summed E-state index contributed by atoms with van der Waals surface area (Å²) < 4.78 is 6.09. The number of rotatable bonds is 9. The molecule has 2 aromatic rings. The quantitative estimate of drug-likeness (QED) is 0.356. The van der Waals surface area contributed by atoms with Crippen LogP contribution in [0.15, 0.2) is 54.6 Å². The number of likely N-dealkylation sites (N-methyl/N-ethyl adjacent to an activating group) is 2. The van der Waals surface area contributed by atoms with Crippen molar-refractivity contribution in [3.05, 3.63) is 65.7 Å². The number of nitrogens with one attached hydrogen (secondary N) is 3. The van der Waals surface area contributed by atoms with E-state index in [4.69, 9.17) is 4.74 Å². The van der Waals surface area contributed by atoms with Crippen LogP contribution in [0, 0.1) is 0 Å². The first-order valence-electron chi connectivity index (χ1n) is 15.4. The summed E-state index contributed by atoms with van der Waals surface area (Å²) in [7, 11) is 5.45. The fraction of sp³-hybridized carbons (Fsp3) is 0.485. The van der Waals surface area contributed by atoms with Crippen molar-refractivity contribution in [3.63, 3.8) is 0 Å². The van der Waals surface area contributed by atoms with Gasteiger partial charge in [0.05, 0.1) is 31.1 Å². The van der Waals surface area contributed by atoms with Crippen molar-refractivity contribution in [1.29, 1.82) is 0 Å². The van der Waals surface area contributed by atoms with Crippen LogP contribution in [0.1, 0.15) is 42.1 Å². The van der Waals surface area contributed by atoms with E-state index in [1.54, 1.807) is 31.2 Å². The number of unbranched alkanes of at least 4 members (excludes halogenated alkanes) is 1. The maximum absolute atomic E-state index is 13.6. The lowest BCUT2D eigenvalue weighted by molar-refractivity contribution is -0.142. The SMILES string of the molecule is CCN1CC(=O)N(C)CC(=O)N[C@H](Cc2ccccc2)COc2ccccc2C(=O)N[C@H](C(=O)NCCCCN(C)C)CC1=O. The van der Waals surface area contributed by atoms with Gasteiger partial charge in [-0.3, -0.25) is 24.0 Å². The molecule has 2 aromatic carbocycles. The average molecular weight is 623 g/mol. The summed E-state index contributed by atoms with van der Waals surface area (Å²) >= 11 is 0. The highest BCUT2D eigenvalue weighted by Crippen LogP contribution is 2.19. The van der Waals surface area contributed by atoms with Gasteiger partial charge in [-0.2, -0.15) is 0 Å². The van der Waals surface area contributed by atoms with Crippen LogP contribution in [0.25, 0.3) is 0 Å². The molecule has 0 spiro atoms. The minimum absolute atomic E-state index is 0.0432. The molecule has 45 heavy (non-hydrogen) atoms. The molecule has 0 radical (unpaired) electrons. The zero-order valence-electron chi connectivity index (χ0n) is 26.7. The van der Waals surface area contributed by atoms with Gasteiger partial charge in [-0.1, -0.05) is 42.5 Å². The fourth-order valence-corrected chi connectivity index (χ4v) is 4.89. The van der Waals surface area contributed by atoms with Gasteiger partial charge in [0.2, 0.25) is 23.6 Å². The van der Waals surface area contributed by atoms with Crippen LogP contribution in [0.3, 0.4) is 0 Å². The third-order valence-corrected chi connectivity index (χ3v) is 7.46. The van der Waals surface area contributed by atoms with Crippen LogP contribution < -0.4 is 20.7 Å². The molecule has 244 valence electrons. The van der Waals surface area contributed by atoms with E-state index < -0.39 is 35.7 Å². The summed E-state index contributed by atoms with van der Waals surface area (Å²) in [6.07, 6.45) is 1.71. The Bertz CT molecular complexity index is 1300. The van der Waals surface area contributed by atoms with E-state index in [0.29, 0.717) is 13.0 Å². The highest BCUT2D eigenvalue weighted by atomic mass is 16.5. The van der Waals surface area contributed by atoms with Gasteiger partial charge in [0.1, 0.15) is 18.4 Å². The van der Waals surface area contributed by atoms with Crippen LogP contribution in [0.5, 0.6) is 5.75 Å². The molecule has 12 heteroatoms. The van der Waals surface area contributed by atoms with Crippen molar-refractivity contribution in [2.75, 3.05) is 60.5 Å². The normalized spacial score (nSPS) is 18.9. The summed E-state index contributed by atoms with van der Waals surface area (Å²) in [6, 6.07) is 14.5. The smallest absolute Gasteiger partial charge is 0.255 e. The van der Waals surface area contributed by atoms with Crippen LogP contribution >= 0.6 is 0 Å². The van der Waals surface area contributed by atoms with Gasteiger partial charge in [-0.25, -0.2) is 0 Å². The summed E-state index contributed by atoms with van der Waals surface area (Å²) in [6.45, 7) is 2.73. The van der Waals surface area contributed by atoms with E-state index in [9.17, 15) is 24.0 Å². The summed E-state index contributed by atoms with van der Waals surface area (Å²) in [4.78, 5) is 70.9. The molecule has 1 aliphatic rings. The molecule has 12 nitrogen and oxygen atoms in total. The topological polar surface area (TPSA) is 140 Å². The number of nitrogens with zero attached hydrogens (tertiary/aromatic N) is 3. The third-order valence-electron chi connectivity index (χ3n) is 7.46. The van der Waals surface area contributed by atoms with E-state index in [0.717, 1.165) is 24.9 Å². The first kappa shape index (κ1) is 35.0. The number of para-hydroxylation sites is 1. The van der Waals surface area contributed by atoms with E-state index in [1.807, 2.05) is 44.4 Å². The predicted molar refractivity (Wildman–Crippen MR) is 171 cm³/mol. The number of carbonyl (C=O) groups is 5. The average Bonchev–Trinajstić information content (AvgIpc) is 3.01. The molecule has 3 rings (SSSR count). The highest BCUT2D eigenvalue weighted by molar-refractivity contribution is 6.01. The van der Waals surface area contributed by atoms with Gasteiger partial charge in [-0.05, 0) is 64.5 Å². The first-order valence-corrected chi connectivity index (χ1v) is 15.4. The van der Waals surface area contributed by atoms with Crippen molar-refractivity contribution in [1.82, 2.24) is 30.7 Å². The second kappa shape index (κ2) is 17.7. The minimum Gasteiger partial charge on any atom is -0.491 e. The number of amides is 5. The standard InChI is InChI=1S/C33H46N6O6/c1-5-39-22-31(42)38(4)21-29(40)35-25(19-24-13-7-6-8-14-24)23-45-28-16-10-9-15-26(28)32(43)36-27(20-30(39)41)33(44)34-17-11-12-18-37(2)3/h6-10,13-16,25,27H,5,11-12,17-23H2,1-4H3,(H,34,44)(H,35,40)(H,36,43)/t25-,27+/m1/s1. The molecule has 3 N–H and O–H groups in total. The maximum Gasteiger partial charge on any atom is 0.255 e. The van der Waals surface area contributed by atoms with Crippen molar-refractivity contribution in [3.8, 4) is 5.75 Å². The summed E-state index contributed by atoms with van der Waals surface area (Å²) in [5, 5.41) is 8.52. The predicted octanol–water partition coefficient (Wildman–Crippen LogP) is 1.06. The third kappa shape index (κ3) is 11.5. The van der Waals surface area contributed by atoms with E-state index >= 15 is 0 Å². The largest absolute Gasteiger partial charge is 0.491 e. The zero-order chi connectivity index (χ0) is 32.8. The van der Waals surface area contributed by atoms with Crippen LogP contribution in [-0.2, 0) is 25.6 Å². The Morgan fingerprint density at radius 3 is 2.38 bits per heavy atom. The molecule has 2 atom stereocenters. The van der Waals surface area contributed by atoms with Gasteiger partial charge < -0.3 is 35.4 Å². The molecular formula is C33H46N6O6. The number of fused-ring (bicyclic) bond motifs is 1. The Morgan fingerprint density at radius 2 is 1.67 bits per heavy atom. The monoisotopic (exact) mass is 622 g/mol. The van der Waals surface area contributed by atoms with Crippen molar-refractivity contribution < 1.29 is 28.7 Å². The number of ether oxygens (including phenoxy) is 1. The van der Waals surface area contributed by atoms with Crippen molar-refractivity contribution in [2.24, 2.45) is 0 Å². The van der Waals surface area contributed by atoms with Crippen LogP contribution in [0.2, 0.25) is 0 Å². The van der Waals surface area contributed by atoms with Crippen molar-refractivity contribution in [2.45, 2.75) is 44.7 Å². The van der Waals surface area contributed by atoms with Gasteiger partial charge in [-0.15, -0.1) is 0 Å². The first-order chi connectivity index (χ1) is 21.6. The Hall–Kier alpha value is -4.45. The Kier molecular flexibility index (Phi) is 13.8. The maximum atomic E-state index is 13.6. The highest BCUT2D eigenvalue weighted by Gasteiger charge is 2.29. The van der Waals surface area contributed by atoms with E-state index in [-0.39, 0.29) is 49.9 Å². The van der Waals surface area contributed by atoms with Gasteiger partial charge >= 0.3 is 0 Å². The minimum atomic E-state index is -1.18. The molecular weight excluding hydrogens is 576 g/mol. The number of carbonyl (C=O) groups excluding carboxylic acids is 5. The molecule has 0 aromatic heterocycles. The van der Waals surface area contributed by atoms with Crippen molar-refractivity contribution >= 4 is 29.5 Å². The molecule has 0 saturated heterocycles. The fourth-order valence-electron chi connectivity index (χ4n) is 4.89. The lowest BCUT2D eigenvalue weighted by Crippen LogP contribution is -2.51. The second-order valence-corrected chi connectivity index (χ2v) is 11.5. The molecule has 1 heterocycles. The summed E-state index contributed by atoms with van der Waals surface area (Å²) in [5.74, 6) is -2.11. The van der Waals surface area contributed by atoms with E-state index in [2.05, 4.69) is 20.9 Å². The van der Waals surface area contributed by atoms with Crippen LogP contribution in [0.4, 0.5) is 0 Å². The lowest BCUT2D eigenvalue weighted by Gasteiger charge is -2.26. The Balaban J connectivity index is 1.89. The summed E-state index contributed by atoms with van der Waals surface area (Å²) in [5.41, 5.74) is 1.16. The molecule has 0 aliphatic carbocycles.